The molecule has 9 nitrogen and oxygen atoms in total. The van der Waals surface area contributed by atoms with Gasteiger partial charge in [0.2, 0.25) is 0 Å². The third-order valence-electron chi connectivity index (χ3n) is 3.56. The lowest BCUT2D eigenvalue weighted by Crippen LogP contribution is -2.17. The molecular formula is C15H13N5O4S. The van der Waals surface area contributed by atoms with Crippen LogP contribution < -0.4 is 14.2 Å². The van der Waals surface area contributed by atoms with Gasteiger partial charge in [-0.1, -0.05) is 0 Å². The Kier molecular flexibility index (Phi) is 3.73. The number of ether oxygens (including phenoxy) is 2. The monoisotopic (exact) mass is 359 g/mol. The molecule has 2 heterocycles. The van der Waals surface area contributed by atoms with Crippen LogP contribution in [0, 0.1) is 0 Å². The normalized spacial score (nSPS) is 13.4. The van der Waals surface area contributed by atoms with Gasteiger partial charge < -0.3 is 9.47 Å². The zero-order chi connectivity index (χ0) is 17.3. The largest absolute Gasteiger partial charge is 0.486 e. The zero-order valence-electron chi connectivity index (χ0n) is 12.9. The van der Waals surface area contributed by atoms with Gasteiger partial charge in [0.25, 0.3) is 10.0 Å². The minimum atomic E-state index is -3.75. The average molecular weight is 359 g/mol. The first-order valence-corrected chi connectivity index (χ1v) is 8.86. The molecule has 0 aliphatic carbocycles. The van der Waals surface area contributed by atoms with Crippen LogP contribution in [0.1, 0.15) is 0 Å². The number of fused-ring (bicyclic) bond motifs is 1. The van der Waals surface area contributed by atoms with Gasteiger partial charge in [-0.3, -0.25) is 4.72 Å². The molecule has 0 spiro atoms. The van der Waals surface area contributed by atoms with Crippen LogP contribution in [-0.4, -0.2) is 41.8 Å². The lowest BCUT2D eigenvalue weighted by molar-refractivity contribution is 0.171. The van der Waals surface area contributed by atoms with Crippen molar-refractivity contribution in [2.45, 2.75) is 4.90 Å². The number of nitrogens with one attached hydrogen (secondary N) is 1. The molecule has 2 aromatic carbocycles. The van der Waals surface area contributed by atoms with Crippen molar-refractivity contribution < 1.29 is 17.9 Å². The summed E-state index contributed by atoms with van der Waals surface area (Å²) in [4.78, 5) is 0.0984. The van der Waals surface area contributed by atoms with E-state index < -0.39 is 10.0 Å². The first-order valence-electron chi connectivity index (χ1n) is 7.38. The second-order valence-corrected chi connectivity index (χ2v) is 6.89. The number of aromatic nitrogens is 4. The zero-order valence-corrected chi connectivity index (χ0v) is 13.7. The standard InChI is InChI=1S/C15H13N5O4S/c21-25(22,13-5-6-14-15(9-13)24-8-7-23-14)17-11-1-3-12(4-2-11)20-10-16-18-19-20/h1-6,9-10,17H,7-8H2. The summed E-state index contributed by atoms with van der Waals surface area (Å²) in [6, 6.07) is 11.2. The summed E-state index contributed by atoms with van der Waals surface area (Å²) in [5.41, 5.74) is 1.14. The third kappa shape index (κ3) is 3.11. The van der Waals surface area contributed by atoms with Gasteiger partial charge in [0.1, 0.15) is 19.5 Å². The van der Waals surface area contributed by atoms with Gasteiger partial charge in [-0.25, -0.2) is 13.1 Å². The molecule has 1 N–H and O–H groups in total. The summed E-state index contributed by atoms with van der Waals surface area (Å²) in [6.07, 6.45) is 1.45. The summed E-state index contributed by atoms with van der Waals surface area (Å²) < 4.78 is 39.9. The fourth-order valence-electron chi connectivity index (χ4n) is 2.37. The molecule has 0 atom stereocenters. The molecule has 0 radical (unpaired) electrons. The van der Waals surface area contributed by atoms with Crippen LogP contribution >= 0.6 is 0 Å². The van der Waals surface area contributed by atoms with Crippen LogP contribution in [0.3, 0.4) is 0 Å². The number of hydrogen-bond donors (Lipinski definition) is 1. The Hall–Kier alpha value is -3.14. The third-order valence-corrected chi connectivity index (χ3v) is 4.94. The molecule has 25 heavy (non-hydrogen) atoms. The number of sulfonamides is 1. The van der Waals surface area contributed by atoms with E-state index >= 15 is 0 Å². The number of nitrogens with zero attached hydrogens (tertiary/aromatic N) is 4. The molecule has 1 aromatic heterocycles. The van der Waals surface area contributed by atoms with Crippen molar-refractivity contribution in [1.82, 2.24) is 20.2 Å². The van der Waals surface area contributed by atoms with E-state index in [4.69, 9.17) is 9.47 Å². The van der Waals surface area contributed by atoms with Crippen LogP contribution in [0.15, 0.2) is 53.7 Å². The predicted molar refractivity (Wildman–Crippen MR) is 87.4 cm³/mol. The van der Waals surface area contributed by atoms with Gasteiger partial charge in [0.15, 0.2) is 11.5 Å². The summed E-state index contributed by atoms with van der Waals surface area (Å²) >= 11 is 0. The van der Waals surface area contributed by atoms with Crippen molar-refractivity contribution in [3.05, 3.63) is 48.8 Å². The van der Waals surface area contributed by atoms with Gasteiger partial charge in [-0.05, 0) is 46.8 Å². The molecule has 0 saturated carbocycles. The van der Waals surface area contributed by atoms with E-state index in [-0.39, 0.29) is 4.90 Å². The molecule has 4 rings (SSSR count). The topological polar surface area (TPSA) is 108 Å². The van der Waals surface area contributed by atoms with Crippen LogP contribution in [0.5, 0.6) is 11.5 Å². The Labute approximate surface area is 143 Å². The van der Waals surface area contributed by atoms with E-state index in [9.17, 15) is 8.42 Å². The van der Waals surface area contributed by atoms with Gasteiger partial charge in [-0.2, -0.15) is 0 Å². The van der Waals surface area contributed by atoms with E-state index in [1.807, 2.05) is 0 Å². The number of tetrazole rings is 1. The highest BCUT2D eigenvalue weighted by molar-refractivity contribution is 7.92. The summed E-state index contributed by atoms with van der Waals surface area (Å²) in [5.74, 6) is 0.958. The highest BCUT2D eigenvalue weighted by Crippen LogP contribution is 2.32. The predicted octanol–water partition coefficient (Wildman–Crippen LogP) is 1.23. The van der Waals surface area contributed by atoms with E-state index in [0.717, 1.165) is 0 Å². The summed E-state index contributed by atoms with van der Waals surface area (Å²) in [7, 11) is -3.75. The molecule has 0 fully saturated rings. The highest BCUT2D eigenvalue weighted by atomic mass is 32.2. The second kappa shape index (κ2) is 6.06. The fraction of sp³-hybridized carbons (Fsp3) is 0.133. The molecule has 128 valence electrons. The molecule has 1 aliphatic heterocycles. The van der Waals surface area contributed by atoms with Crippen molar-refractivity contribution >= 4 is 15.7 Å². The van der Waals surface area contributed by atoms with Crippen LogP contribution in [0.25, 0.3) is 5.69 Å². The highest BCUT2D eigenvalue weighted by Gasteiger charge is 2.19. The molecule has 0 bridgehead atoms. The van der Waals surface area contributed by atoms with E-state index in [0.29, 0.717) is 36.1 Å². The quantitative estimate of drug-likeness (QED) is 0.746. The van der Waals surface area contributed by atoms with Crippen LogP contribution in [-0.2, 0) is 10.0 Å². The smallest absolute Gasteiger partial charge is 0.262 e. The molecule has 0 amide bonds. The average Bonchev–Trinajstić information content (AvgIpc) is 3.16. The Morgan fingerprint density at radius 2 is 1.76 bits per heavy atom. The first kappa shape index (κ1) is 15.4. The molecule has 0 unspecified atom stereocenters. The van der Waals surface area contributed by atoms with E-state index in [1.54, 1.807) is 30.3 Å². The minimum Gasteiger partial charge on any atom is -0.486 e. The SMILES string of the molecule is O=S(=O)(Nc1ccc(-n2cnnn2)cc1)c1ccc2c(c1)OCCO2. The Morgan fingerprint density at radius 3 is 2.48 bits per heavy atom. The van der Waals surface area contributed by atoms with Crippen molar-refractivity contribution in [3.63, 3.8) is 0 Å². The lowest BCUT2D eigenvalue weighted by Gasteiger charge is -2.19. The van der Waals surface area contributed by atoms with Gasteiger partial charge in [-0.15, -0.1) is 5.10 Å². The van der Waals surface area contributed by atoms with Crippen LogP contribution in [0.2, 0.25) is 0 Å². The second-order valence-electron chi connectivity index (χ2n) is 5.21. The van der Waals surface area contributed by atoms with Crippen molar-refractivity contribution in [2.75, 3.05) is 17.9 Å². The van der Waals surface area contributed by atoms with Crippen molar-refractivity contribution in [2.24, 2.45) is 0 Å². The molecule has 1 aliphatic rings. The first-order chi connectivity index (χ1) is 12.1. The molecule has 10 heteroatoms. The maximum absolute atomic E-state index is 12.6. The number of anilines is 1. The van der Waals surface area contributed by atoms with Crippen molar-refractivity contribution in [1.29, 1.82) is 0 Å². The van der Waals surface area contributed by atoms with Crippen LogP contribution in [0.4, 0.5) is 5.69 Å². The maximum atomic E-state index is 12.6. The number of benzene rings is 2. The summed E-state index contributed by atoms with van der Waals surface area (Å²) in [6.45, 7) is 0.841. The summed E-state index contributed by atoms with van der Waals surface area (Å²) in [5, 5.41) is 10.9. The van der Waals surface area contributed by atoms with Crippen molar-refractivity contribution in [3.8, 4) is 17.2 Å². The fourth-order valence-corrected chi connectivity index (χ4v) is 3.44. The molecule has 3 aromatic rings. The number of hydrogen-bond acceptors (Lipinski definition) is 7. The maximum Gasteiger partial charge on any atom is 0.262 e. The number of rotatable bonds is 4. The minimum absolute atomic E-state index is 0.0984. The lowest BCUT2D eigenvalue weighted by atomic mass is 10.3. The van der Waals surface area contributed by atoms with Gasteiger partial charge in [0.05, 0.1) is 10.6 Å². The van der Waals surface area contributed by atoms with Gasteiger partial charge in [0, 0.05) is 11.8 Å². The van der Waals surface area contributed by atoms with E-state index in [1.165, 1.54) is 23.1 Å². The molecular weight excluding hydrogens is 346 g/mol. The molecule has 0 saturated heterocycles. The Bertz CT molecular complexity index is 987. The Morgan fingerprint density at radius 1 is 1.00 bits per heavy atom. The van der Waals surface area contributed by atoms with E-state index in [2.05, 4.69) is 20.2 Å². The Balaban J connectivity index is 1.57. The van der Waals surface area contributed by atoms with Gasteiger partial charge >= 0.3 is 0 Å².